The summed E-state index contributed by atoms with van der Waals surface area (Å²) in [5, 5.41) is 11.7. The fourth-order valence-electron chi connectivity index (χ4n) is 7.30. The smallest absolute Gasteiger partial charge is 0.410 e. The summed E-state index contributed by atoms with van der Waals surface area (Å²) >= 11 is 0. The van der Waals surface area contributed by atoms with Crippen molar-refractivity contribution in [2.24, 2.45) is 0 Å². The fraction of sp³-hybridized carbons (Fsp3) is 0.306. The van der Waals surface area contributed by atoms with E-state index in [1.165, 1.54) is 22.3 Å². The lowest BCUT2D eigenvalue weighted by molar-refractivity contribution is -0.0479. The van der Waals surface area contributed by atoms with Crippen molar-refractivity contribution < 1.29 is 19.4 Å². The number of carbonyl (C=O) groups is 1. The van der Waals surface area contributed by atoms with E-state index in [2.05, 4.69) is 48.5 Å². The highest BCUT2D eigenvalue weighted by atomic mass is 16.6. The number of aliphatic hydroxyl groups is 1. The van der Waals surface area contributed by atoms with E-state index >= 15 is 0 Å². The molecule has 1 N–H and O–H groups in total. The number of nitrogens with zero attached hydrogens (tertiary/aromatic N) is 1. The Morgan fingerprint density at radius 3 is 2.07 bits per heavy atom. The zero-order valence-electron chi connectivity index (χ0n) is 23.1. The van der Waals surface area contributed by atoms with Gasteiger partial charge in [-0.25, -0.2) is 4.79 Å². The Kier molecular flexibility index (Phi) is 6.76. The van der Waals surface area contributed by atoms with Crippen molar-refractivity contribution in [2.75, 3.05) is 6.61 Å². The van der Waals surface area contributed by atoms with Gasteiger partial charge in [0.15, 0.2) is 0 Å². The fourth-order valence-corrected chi connectivity index (χ4v) is 7.30. The molecule has 4 aromatic rings. The quantitative estimate of drug-likeness (QED) is 0.269. The van der Waals surface area contributed by atoms with Crippen LogP contribution >= 0.6 is 0 Å². The van der Waals surface area contributed by atoms with Crippen LogP contribution in [0.5, 0.6) is 5.75 Å². The van der Waals surface area contributed by atoms with Gasteiger partial charge in [-0.15, -0.1) is 0 Å². The molecule has 2 fully saturated rings. The van der Waals surface area contributed by atoms with Crippen molar-refractivity contribution in [2.45, 2.75) is 62.3 Å². The minimum absolute atomic E-state index is 0.00749. The third kappa shape index (κ3) is 5.11. The van der Waals surface area contributed by atoms with Crippen LogP contribution in [0.3, 0.4) is 0 Å². The molecular weight excluding hydrogens is 510 g/mol. The molecule has 0 saturated carbocycles. The Balaban J connectivity index is 0.992. The Hall–Kier alpha value is -4.09. The zero-order valence-corrected chi connectivity index (χ0v) is 23.1. The molecule has 0 aromatic heterocycles. The Labute approximate surface area is 241 Å². The summed E-state index contributed by atoms with van der Waals surface area (Å²) in [6.07, 6.45) is 3.21. The average Bonchev–Trinajstić information content (AvgIpc) is 3.47. The molecule has 2 unspecified atom stereocenters. The summed E-state index contributed by atoms with van der Waals surface area (Å²) in [6, 6.07) is 34.9. The van der Waals surface area contributed by atoms with Gasteiger partial charge in [0, 0.05) is 24.4 Å². The molecule has 0 spiro atoms. The number of ether oxygens (including phenoxy) is 2. The van der Waals surface area contributed by atoms with Crippen LogP contribution in [0.2, 0.25) is 0 Å². The van der Waals surface area contributed by atoms with Gasteiger partial charge in [0.1, 0.15) is 19.0 Å². The molecule has 2 aliphatic heterocycles. The maximum atomic E-state index is 13.4. The summed E-state index contributed by atoms with van der Waals surface area (Å²) in [4.78, 5) is 15.4. The van der Waals surface area contributed by atoms with Crippen molar-refractivity contribution in [1.82, 2.24) is 4.90 Å². The van der Waals surface area contributed by atoms with Crippen LogP contribution in [0.1, 0.15) is 53.9 Å². The van der Waals surface area contributed by atoms with Gasteiger partial charge in [0.2, 0.25) is 0 Å². The van der Waals surface area contributed by atoms with E-state index in [1.54, 1.807) is 0 Å². The molecule has 3 aliphatic rings. The second-order valence-electron chi connectivity index (χ2n) is 11.8. The number of benzene rings is 4. The summed E-state index contributed by atoms with van der Waals surface area (Å²) in [7, 11) is 0. The predicted molar refractivity (Wildman–Crippen MR) is 159 cm³/mol. The van der Waals surface area contributed by atoms with Crippen LogP contribution in [0.25, 0.3) is 11.1 Å². The third-order valence-corrected chi connectivity index (χ3v) is 9.08. The molecule has 2 heterocycles. The molecule has 1 amide bonds. The number of rotatable bonds is 7. The van der Waals surface area contributed by atoms with Crippen LogP contribution in [0, 0.1) is 0 Å². The van der Waals surface area contributed by atoms with E-state index in [9.17, 15) is 9.90 Å². The molecule has 5 nitrogen and oxygen atoms in total. The van der Waals surface area contributed by atoms with Gasteiger partial charge in [-0.05, 0) is 71.2 Å². The van der Waals surface area contributed by atoms with Crippen molar-refractivity contribution >= 4 is 6.09 Å². The van der Waals surface area contributed by atoms with Gasteiger partial charge in [0.05, 0.1) is 5.60 Å². The summed E-state index contributed by atoms with van der Waals surface area (Å²) in [5.74, 6) is 0.844. The van der Waals surface area contributed by atoms with Crippen LogP contribution in [0.15, 0.2) is 103 Å². The molecule has 4 aromatic carbocycles. The Morgan fingerprint density at radius 2 is 1.39 bits per heavy atom. The van der Waals surface area contributed by atoms with Crippen molar-refractivity contribution in [3.63, 3.8) is 0 Å². The molecule has 2 saturated heterocycles. The molecule has 0 radical (unpaired) electrons. The van der Waals surface area contributed by atoms with Crippen molar-refractivity contribution in [3.05, 3.63) is 125 Å². The number of hydrogen-bond acceptors (Lipinski definition) is 4. The van der Waals surface area contributed by atoms with Crippen molar-refractivity contribution in [1.29, 1.82) is 0 Å². The highest BCUT2D eigenvalue weighted by Gasteiger charge is 2.50. The largest absolute Gasteiger partial charge is 0.489 e. The molecule has 7 rings (SSSR count). The maximum absolute atomic E-state index is 13.4. The standard InChI is InChI=1S/C36H35NO4/c38-35(41-24-34-32-15-6-4-13-30(32)31-14-5-7-16-33(31)34)37-27-17-18-28(37)22-36(39,21-27)20-26-11-8-12-29(19-26)40-23-25-9-2-1-3-10-25/h1-16,19,27-28,34,39H,17-18,20-24H2. The lowest BCUT2D eigenvalue weighted by atomic mass is 9.81. The third-order valence-electron chi connectivity index (χ3n) is 9.08. The summed E-state index contributed by atoms with van der Waals surface area (Å²) < 4.78 is 12.0. The zero-order chi connectivity index (χ0) is 27.8. The lowest BCUT2D eigenvalue weighted by Crippen LogP contribution is -2.54. The SMILES string of the molecule is O=C(OCC1c2ccccc2-c2ccccc21)N1C2CCC1CC(O)(Cc1cccc(OCc3ccccc3)c1)C2. The van der Waals surface area contributed by atoms with Gasteiger partial charge < -0.3 is 19.5 Å². The lowest BCUT2D eigenvalue weighted by Gasteiger charge is -2.43. The number of fused-ring (bicyclic) bond motifs is 5. The van der Waals surface area contributed by atoms with E-state index in [-0.39, 0.29) is 24.1 Å². The number of amides is 1. The summed E-state index contributed by atoms with van der Waals surface area (Å²) in [5.41, 5.74) is 6.19. The minimum Gasteiger partial charge on any atom is -0.489 e. The highest BCUT2D eigenvalue weighted by molar-refractivity contribution is 5.79. The van der Waals surface area contributed by atoms with Gasteiger partial charge in [-0.2, -0.15) is 0 Å². The van der Waals surface area contributed by atoms with E-state index in [4.69, 9.17) is 9.47 Å². The number of hydrogen-bond donors (Lipinski definition) is 1. The first-order valence-corrected chi connectivity index (χ1v) is 14.7. The first-order valence-electron chi connectivity index (χ1n) is 14.7. The van der Waals surface area contributed by atoms with Crippen LogP contribution in [-0.4, -0.2) is 40.4 Å². The molecule has 2 bridgehead atoms. The molecule has 5 heteroatoms. The van der Waals surface area contributed by atoms with Gasteiger partial charge in [-0.3, -0.25) is 0 Å². The van der Waals surface area contributed by atoms with Crippen molar-refractivity contribution in [3.8, 4) is 16.9 Å². The van der Waals surface area contributed by atoms with E-state index in [0.717, 1.165) is 29.7 Å². The molecule has 41 heavy (non-hydrogen) atoms. The molecule has 1 aliphatic carbocycles. The highest BCUT2D eigenvalue weighted by Crippen LogP contribution is 2.46. The first kappa shape index (κ1) is 25.8. The second kappa shape index (κ2) is 10.7. The normalized spacial score (nSPS) is 22.7. The molecule has 2 atom stereocenters. The first-order chi connectivity index (χ1) is 20.1. The van der Waals surface area contributed by atoms with Gasteiger partial charge >= 0.3 is 6.09 Å². The van der Waals surface area contributed by atoms with E-state index < -0.39 is 5.60 Å². The van der Waals surface area contributed by atoms with E-state index in [1.807, 2.05) is 59.5 Å². The molecule has 208 valence electrons. The van der Waals surface area contributed by atoms with Gasteiger partial charge in [-0.1, -0.05) is 91.0 Å². The van der Waals surface area contributed by atoms with E-state index in [0.29, 0.717) is 32.5 Å². The average molecular weight is 546 g/mol. The van der Waals surface area contributed by atoms with Crippen LogP contribution < -0.4 is 4.74 Å². The number of carbonyl (C=O) groups excluding carboxylic acids is 1. The second-order valence-corrected chi connectivity index (χ2v) is 11.8. The summed E-state index contributed by atoms with van der Waals surface area (Å²) in [6.45, 7) is 0.830. The molecular formula is C36H35NO4. The van der Waals surface area contributed by atoms with Crippen LogP contribution in [-0.2, 0) is 17.8 Å². The maximum Gasteiger partial charge on any atom is 0.410 e. The van der Waals surface area contributed by atoms with Crippen LogP contribution in [0.4, 0.5) is 4.79 Å². The Morgan fingerprint density at radius 1 is 0.780 bits per heavy atom. The topological polar surface area (TPSA) is 59.0 Å². The monoisotopic (exact) mass is 545 g/mol. The predicted octanol–water partition coefficient (Wildman–Crippen LogP) is 7.12. The minimum atomic E-state index is -0.857. The number of piperidine rings is 1. The van der Waals surface area contributed by atoms with Gasteiger partial charge in [0.25, 0.3) is 0 Å². The Bertz CT molecular complexity index is 1490.